The fourth-order valence-corrected chi connectivity index (χ4v) is 4.72. The SMILES string of the molecule is COc1cccc(C(=O)N(CCCn2ccnc2)c2nc3c(C)c(Cl)ccc3s2)c1OC. The number of anilines is 1. The number of halogens is 1. The lowest BCUT2D eigenvalue weighted by Crippen LogP contribution is -2.32. The first-order valence-corrected chi connectivity index (χ1v) is 11.3. The van der Waals surface area contributed by atoms with Gasteiger partial charge in [0.15, 0.2) is 16.6 Å². The predicted octanol–water partition coefficient (Wildman–Crippen LogP) is 5.21. The van der Waals surface area contributed by atoms with Gasteiger partial charge in [-0.05, 0) is 43.2 Å². The summed E-state index contributed by atoms with van der Waals surface area (Å²) in [7, 11) is 3.08. The number of benzene rings is 2. The minimum atomic E-state index is -0.200. The lowest BCUT2D eigenvalue weighted by molar-refractivity contribution is 0.0982. The van der Waals surface area contributed by atoms with Crippen LogP contribution >= 0.6 is 22.9 Å². The van der Waals surface area contributed by atoms with E-state index < -0.39 is 0 Å². The number of hydrogen-bond acceptors (Lipinski definition) is 6. The second-order valence-corrected chi connectivity index (χ2v) is 8.58. The molecule has 2 aromatic heterocycles. The summed E-state index contributed by atoms with van der Waals surface area (Å²) in [4.78, 5) is 24.3. The van der Waals surface area contributed by atoms with E-state index in [1.54, 1.807) is 42.7 Å². The predicted molar refractivity (Wildman–Crippen MR) is 127 cm³/mol. The van der Waals surface area contributed by atoms with E-state index in [9.17, 15) is 4.79 Å². The number of fused-ring (bicyclic) bond motifs is 1. The molecule has 2 aromatic carbocycles. The Morgan fingerprint density at radius 1 is 1.22 bits per heavy atom. The molecule has 4 aromatic rings. The molecule has 0 unspecified atom stereocenters. The highest BCUT2D eigenvalue weighted by Gasteiger charge is 2.26. The van der Waals surface area contributed by atoms with E-state index in [0.717, 1.165) is 28.7 Å². The van der Waals surface area contributed by atoms with E-state index in [4.69, 9.17) is 26.1 Å². The molecule has 0 aliphatic heterocycles. The number of rotatable bonds is 8. The molecular formula is C23H23ClN4O3S. The minimum Gasteiger partial charge on any atom is -0.493 e. The number of amides is 1. The van der Waals surface area contributed by atoms with Crippen LogP contribution < -0.4 is 14.4 Å². The standard InChI is InChI=1S/C23H23ClN4O3S/c1-15-17(24)8-9-19-20(15)26-23(32-19)28(12-5-11-27-13-10-25-14-27)22(29)16-6-4-7-18(30-2)21(16)31-3/h4,6-10,13-14H,5,11-12H2,1-3H3. The molecule has 0 radical (unpaired) electrons. The smallest absolute Gasteiger partial charge is 0.263 e. The summed E-state index contributed by atoms with van der Waals surface area (Å²) >= 11 is 7.76. The average Bonchev–Trinajstić information content (AvgIpc) is 3.48. The highest BCUT2D eigenvalue weighted by molar-refractivity contribution is 7.22. The fourth-order valence-electron chi connectivity index (χ4n) is 3.52. The Labute approximate surface area is 195 Å². The van der Waals surface area contributed by atoms with Crippen LogP contribution in [0.15, 0.2) is 49.1 Å². The summed E-state index contributed by atoms with van der Waals surface area (Å²) in [6, 6.07) is 9.08. The number of thiazole rings is 1. The molecule has 0 saturated heterocycles. The van der Waals surface area contributed by atoms with Crippen LogP contribution in [0.25, 0.3) is 10.2 Å². The van der Waals surface area contributed by atoms with Gasteiger partial charge in [-0.3, -0.25) is 9.69 Å². The van der Waals surface area contributed by atoms with Crippen molar-refractivity contribution in [2.45, 2.75) is 19.9 Å². The Morgan fingerprint density at radius 2 is 2.06 bits per heavy atom. The van der Waals surface area contributed by atoms with Crippen LogP contribution in [0, 0.1) is 6.92 Å². The number of carbonyl (C=O) groups is 1. The molecular weight excluding hydrogens is 448 g/mol. The number of methoxy groups -OCH3 is 2. The molecule has 0 aliphatic carbocycles. The van der Waals surface area contributed by atoms with Crippen LogP contribution in [0.5, 0.6) is 11.5 Å². The van der Waals surface area contributed by atoms with Crippen molar-refractivity contribution in [2.24, 2.45) is 0 Å². The molecule has 0 spiro atoms. The third kappa shape index (κ3) is 4.28. The third-order valence-corrected chi connectivity index (χ3v) is 6.66. The summed E-state index contributed by atoms with van der Waals surface area (Å²) in [5.41, 5.74) is 2.13. The highest BCUT2D eigenvalue weighted by Crippen LogP contribution is 2.36. The van der Waals surface area contributed by atoms with E-state index in [1.807, 2.05) is 29.8 Å². The number of nitrogens with zero attached hydrogens (tertiary/aromatic N) is 4. The Bertz CT molecular complexity index is 1240. The van der Waals surface area contributed by atoms with Gasteiger partial charge in [-0.2, -0.15) is 0 Å². The molecule has 32 heavy (non-hydrogen) atoms. The number of para-hydroxylation sites is 1. The van der Waals surface area contributed by atoms with Gasteiger partial charge in [-0.25, -0.2) is 9.97 Å². The molecule has 0 fully saturated rings. The van der Waals surface area contributed by atoms with Gasteiger partial charge < -0.3 is 14.0 Å². The molecule has 2 heterocycles. The van der Waals surface area contributed by atoms with Crippen molar-refractivity contribution in [3.63, 3.8) is 0 Å². The Balaban J connectivity index is 1.72. The van der Waals surface area contributed by atoms with Crippen molar-refractivity contribution in [2.75, 3.05) is 25.7 Å². The van der Waals surface area contributed by atoms with Crippen LogP contribution in [0.4, 0.5) is 5.13 Å². The lowest BCUT2D eigenvalue weighted by Gasteiger charge is -2.22. The van der Waals surface area contributed by atoms with E-state index >= 15 is 0 Å². The molecule has 9 heteroatoms. The summed E-state index contributed by atoms with van der Waals surface area (Å²) in [5, 5.41) is 1.27. The summed E-state index contributed by atoms with van der Waals surface area (Å²) in [5.74, 6) is 0.706. The fraction of sp³-hybridized carbons (Fsp3) is 0.261. The number of aromatic nitrogens is 3. The molecule has 1 amide bonds. The Kier molecular flexibility index (Phi) is 6.62. The zero-order valence-corrected chi connectivity index (χ0v) is 19.6. The summed E-state index contributed by atoms with van der Waals surface area (Å²) in [6.45, 7) is 3.14. The second-order valence-electron chi connectivity index (χ2n) is 7.17. The number of carbonyl (C=O) groups excluding carboxylic acids is 1. The van der Waals surface area contributed by atoms with E-state index in [2.05, 4.69) is 4.98 Å². The maximum atomic E-state index is 13.7. The Morgan fingerprint density at radius 3 is 2.78 bits per heavy atom. The normalized spacial score (nSPS) is 11.0. The third-order valence-electron chi connectivity index (χ3n) is 5.20. The quantitative estimate of drug-likeness (QED) is 0.353. The maximum Gasteiger partial charge on any atom is 0.263 e. The molecule has 0 atom stereocenters. The first-order valence-electron chi connectivity index (χ1n) is 10.1. The topological polar surface area (TPSA) is 69.5 Å². The average molecular weight is 471 g/mol. The number of imidazole rings is 1. The van der Waals surface area contributed by atoms with Gasteiger partial charge in [0, 0.05) is 30.5 Å². The highest BCUT2D eigenvalue weighted by atomic mass is 35.5. The maximum absolute atomic E-state index is 13.7. The van der Waals surface area contributed by atoms with Crippen LogP contribution in [0.1, 0.15) is 22.3 Å². The Hall–Kier alpha value is -3.10. The van der Waals surface area contributed by atoms with E-state index in [1.165, 1.54) is 18.4 Å². The van der Waals surface area contributed by atoms with Gasteiger partial charge in [0.25, 0.3) is 5.91 Å². The van der Waals surface area contributed by atoms with Gasteiger partial charge in [-0.1, -0.05) is 29.0 Å². The van der Waals surface area contributed by atoms with Gasteiger partial charge in [0.05, 0.1) is 36.3 Å². The van der Waals surface area contributed by atoms with Crippen molar-refractivity contribution in [3.05, 3.63) is 65.2 Å². The van der Waals surface area contributed by atoms with Crippen LogP contribution in [0.3, 0.4) is 0 Å². The number of aryl methyl sites for hydroxylation is 2. The second kappa shape index (κ2) is 9.58. The van der Waals surface area contributed by atoms with E-state index in [-0.39, 0.29) is 5.91 Å². The first-order chi connectivity index (χ1) is 15.5. The molecule has 0 bridgehead atoms. The van der Waals surface area contributed by atoms with E-state index in [0.29, 0.717) is 33.8 Å². The summed E-state index contributed by atoms with van der Waals surface area (Å²) in [6.07, 6.45) is 6.13. The molecule has 0 N–H and O–H groups in total. The molecule has 7 nitrogen and oxygen atoms in total. The number of hydrogen-bond donors (Lipinski definition) is 0. The minimum absolute atomic E-state index is 0.200. The van der Waals surface area contributed by atoms with Crippen molar-refractivity contribution < 1.29 is 14.3 Å². The zero-order valence-electron chi connectivity index (χ0n) is 18.0. The van der Waals surface area contributed by atoms with Gasteiger partial charge in [-0.15, -0.1) is 0 Å². The zero-order chi connectivity index (χ0) is 22.7. The summed E-state index contributed by atoms with van der Waals surface area (Å²) < 4.78 is 13.9. The van der Waals surface area contributed by atoms with Gasteiger partial charge >= 0.3 is 0 Å². The van der Waals surface area contributed by atoms with Gasteiger partial charge in [0.2, 0.25) is 0 Å². The van der Waals surface area contributed by atoms with Crippen molar-refractivity contribution in [1.29, 1.82) is 0 Å². The van der Waals surface area contributed by atoms with Crippen molar-refractivity contribution in [3.8, 4) is 11.5 Å². The number of ether oxygens (including phenoxy) is 2. The monoisotopic (exact) mass is 470 g/mol. The molecule has 166 valence electrons. The van der Waals surface area contributed by atoms with Crippen LogP contribution in [0.2, 0.25) is 5.02 Å². The largest absolute Gasteiger partial charge is 0.493 e. The van der Waals surface area contributed by atoms with Crippen LogP contribution in [-0.2, 0) is 6.54 Å². The molecule has 4 rings (SSSR count). The molecule has 0 aliphatic rings. The molecule has 0 saturated carbocycles. The van der Waals surface area contributed by atoms with Crippen molar-refractivity contribution in [1.82, 2.24) is 14.5 Å². The van der Waals surface area contributed by atoms with Crippen LogP contribution in [-0.4, -0.2) is 41.2 Å². The van der Waals surface area contributed by atoms with Crippen molar-refractivity contribution >= 4 is 44.2 Å². The van der Waals surface area contributed by atoms with Gasteiger partial charge in [0.1, 0.15) is 0 Å². The lowest BCUT2D eigenvalue weighted by atomic mass is 10.1. The first kappa shape index (κ1) is 22.1.